The molecule has 0 radical (unpaired) electrons. The van der Waals surface area contributed by atoms with E-state index in [0.29, 0.717) is 5.56 Å². The summed E-state index contributed by atoms with van der Waals surface area (Å²) in [4.78, 5) is 2.56. The fourth-order valence-corrected chi connectivity index (χ4v) is 0.870. The lowest BCUT2D eigenvalue weighted by molar-refractivity contribution is 0.623. The topological polar surface area (TPSA) is 72.5 Å². The summed E-state index contributed by atoms with van der Waals surface area (Å²) in [6.07, 6.45) is 0. The minimum Gasteiger partial charge on any atom is -0.206 e. The second kappa shape index (κ2) is 4.10. The highest BCUT2D eigenvalue weighted by atomic mass is 19.1. The van der Waals surface area contributed by atoms with Crippen LogP contribution in [0.4, 0.5) is 4.39 Å². The molecule has 0 aliphatic carbocycles. The number of nitriles is 1. The van der Waals surface area contributed by atoms with Crippen molar-refractivity contribution in [3.63, 3.8) is 0 Å². The first kappa shape index (κ1) is 9.04. The molecule has 13 heavy (non-hydrogen) atoms. The zero-order chi connectivity index (χ0) is 9.68. The maximum absolute atomic E-state index is 12.8. The molecule has 4 nitrogen and oxygen atoms in total. The number of halogens is 1. The zero-order valence-electron chi connectivity index (χ0n) is 6.61. The summed E-state index contributed by atoms with van der Waals surface area (Å²) in [6.45, 7) is 0.130. The lowest BCUT2D eigenvalue weighted by Gasteiger charge is -1.96. The molecular weight excluding hydrogens is 171 g/mol. The minimum absolute atomic E-state index is 0.0364. The summed E-state index contributed by atoms with van der Waals surface area (Å²) in [5.74, 6) is -0.563. The minimum atomic E-state index is -0.563. The van der Waals surface area contributed by atoms with Crippen molar-refractivity contribution >= 4 is 0 Å². The van der Waals surface area contributed by atoms with E-state index in [9.17, 15) is 4.39 Å². The van der Waals surface area contributed by atoms with Crippen molar-refractivity contribution in [2.24, 2.45) is 5.11 Å². The first-order valence-electron chi connectivity index (χ1n) is 3.47. The third kappa shape index (κ3) is 2.19. The van der Waals surface area contributed by atoms with Crippen LogP contribution < -0.4 is 0 Å². The Morgan fingerprint density at radius 2 is 2.38 bits per heavy atom. The van der Waals surface area contributed by atoms with E-state index in [2.05, 4.69) is 10.0 Å². The van der Waals surface area contributed by atoms with Crippen molar-refractivity contribution in [2.45, 2.75) is 6.54 Å². The van der Waals surface area contributed by atoms with Crippen LogP contribution in [0.25, 0.3) is 10.4 Å². The van der Waals surface area contributed by atoms with Crippen molar-refractivity contribution in [1.82, 2.24) is 0 Å². The summed E-state index contributed by atoms with van der Waals surface area (Å²) in [5.41, 5.74) is 8.61. The first-order valence-corrected chi connectivity index (χ1v) is 3.47. The molecular formula is C8H5FN4. The van der Waals surface area contributed by atoms with Gasteiger partial charge in [0, 0.05) is 4.91 Å². The average molecular weight is 176 g/mol. The standard InChI is InChI=1S/C8H5FN4/c9-8-2-1-6(5-12-13-11)3-7(8)4-10/h1-3H,5H2. The molecule has 64 valence electrons. The van der Waals surface area contributed by atoms with Crippen LogP contribution in [0.15, 0.2) is 23.3 Å². The summed E-state index contributed by atoms with van der Waals surface area (Å²) >= 11 is 0. The van der Waals surface area contributed by atoms with E-state index >= 15 is 0 Å². The molecule has 0 aliphatic rings. The molecule has 1 aromatic rings. The normalized spacial score (nSPS) is 8.62. The second-order valence-corrected chi connectivity index (χ2v) is 2.31. The van der Waals surface area contributed by atoms with E-state index in [1.807, 2.05) is 0 Å². The molecule has 0 spiro atoms. The number of hydrogen-bond donors (Lipinski definition) is 0. The Morgan fingerprint density at radius 3 is 3.00 bits per heavy atom. The maximum atomic E-state index is 12.8. The molecule has 0 saturated carbocycles. The van der Waals surface area contributed by atoms with Gasteiger partial charge in [-0.05, 0) is 23.2 Å². The second-order valence-electron chi connectivity index (χ2n) is 2.31. The molecule has 0 aliphatic heterocycles. The van der Waals surface area contributed by atoms with E-state index in [4.69, 9.17) is 10.8 Å². The first-order chi connectivity index (χ1) is 6.27. The van der Waals surface area contributed by atoms with Crippen molar-refractivity contribution in [1.29, 1.82) is 5.26 Å². The Hall–Kier alpha value is -2.05. The smallest absolute Gasteiger partial charge is 0.140 e. The molecule has 0 saturated heterocycles. The molecule has 5 heteroatoms. The van der Waals surface area contributed by atoms with E-state index in [1.165, 1.54) is 18.2 Å². The van der Waals surface area contributed by atoms with Gasteiger partial charge in [-0.2, -0.15) is 5.26 Å². The van der Waals surface area contributed by atoms with Crippen LogP contribution in [0.3, 0.4) is 0 Å². The molecule has 0 bridgehead atoms. The predicted molar refractivity (Wildman–Crippen MR) is 44.0 cm³/mol. The number of azide groups is 1. The van der Waals surface area contributed by atoms with E-state index in [-0.39, 0.29) is 12.1 Å². The summed E-state index contributed by atoms with van der Waals surface area (Å²) in [7, 11) is 0. The molecule has 0 aromatic heterocycles. The van der Waals surface area contributed by atoms with Crippen LogP contribution in [-0.4, -0.2) is 0 Å². The van der Waals surface area contributed by atoms with E-state index < -0.39 is 5.82 Å². The van der Waals surface area contributed by atoms with Crippen LogP contribution in [-0.2, 0) is 6.54 Å². The summed E-state index contributed by atoms with van der Waals surface area (Å²) in [6, 6.07) is 5.73. The Balaban J connectivity index is 3.00. The van der Waals surface area contributed by atoms with Crippen LogP contribution in [0, 0.1) is 17.1 Å². The van der Waals surface area contributed by atoms with Crippen molar-refractivity contribution in [3.8, 4) is 6.07 Å². The molecule has 0 fully saturated rings. The molecule has 1 rings (SSSR count). The van der Waals surface area contributed by atoms with Crippen LogP contribution in [0.1, 0.15) is 11.1 Å². The van der Waals surface area contributed by atoms with Crippen LogP contribution in [0.2, 0.25) is 0 Å². The highest BCUT2D eigenvalue weighted by Crippen LogP contribution is 2.10. The van der Waals surface area contributed by atoms with Crippen LogP contribution in [0.5, 0.6) is 0 Å². The number of rotatable bonds is 2. The van der Waals surface area contributed by atoms with Gasteiger partial charge >= 0.3 is 0 Å². The Morgan fingerprint density at radius 1 is 1.62 bits per heavy atom. The number of benzene rings is 1. The number of hydrogen-bond acceptors (Lipinski definition) is 2. The van der Waals surface area contributed by atoms with Gasteiger partial charge in [-0.15, -0.1) is 0 Å². The molecule has 0 heterocycles. The fourth-order valence-electron chi connectivity index (χ4n) is 0.870. The van der Waals surface area contributed by atoms with Gasteiger partial charge in [0.1, 0.15) is 11.9 Å². The third-order valence-corrected chi connectivity index (χ3v) is 1.47. The molecule has 0 N–H and O–H groups in total. The molecule has 1 aromatic carbocycles. The summed E-state index contributed by atoms with van der Waals surface area (Å²) in [5, 5.41) is 11.8. The third-order valence-electron chi connectivity index (χ3n) is 1.47. The van der Waals surface area contributed by atoms with Gasteiger partial charge in [-0.25, -0.2) is 4.39 Å². The SMILES string of the molecule is N#Cc1cc(CN=[N+]=[N-])ccc1F. The summed E-state index contributed by atoms with van der Waals surface area (Å²) < 4.78 is 12.8. The van der Waals surface area contributed by atoms with Gasteiger partial charge in [-0.3, -0.25) is 0 Å². The highest BCUT2D eigenvalue weighted by molar-refractivity contribution is 5.34. The Bertz CT molecular complexity index is 401. The van der Waals surface area contributed by atoms with Gasteiger partial charge in [-0.1, -0.05) is 11.2 Å². The van der Waals surface area contributed by atoms with E-state index in [1.54, 1.807) is 6.07 Å². The lowest BCUT2D eigenvalue weighted by Crippen LogP contribution is -1.87. The van der Waals surface area contributed by atoms with Gasteiger partial charge < -0.3 is 0 Å². The van der Waals surface area contributed by atoms with Gasteiger partial charge in [0.2, 0.25) is 0 Å². The van der Waals surface area contributed by atoms with Gasteiger partial charge in [0.05, 0.1) is 12.1 Å². The molecule has 0 atom stereocenters. The van der Waals surface area contributed by atoms with Gasteiger partial charge in [0.25, 0.3) is 0 Å². The van der Waals surface area contributed by atoms with Crippen molar-refractivity contribution in [2.75, 3.05) is 0 Å². The van der Waals surface area contributed by atoms with Gasteiger partial charge in [0.15, 0.2) is 0 Å². The highest BCUT2D eigenvalue weighted by Gasteiger charge is 2.01. The van der Waals surface area contributed by atoms with Crippen molar-refractivity contribution in [3.05, 3.63) is 45.6 Å². The number of nitrogens with zero attached hydrogens (tertiary/aromatic N) is 4. The lowest BCUT2D eigenvalue weighted by atomic mass is 10.1. The largest absolute Gasteiger partial charge is 0.206 e. The Labute approximate surface area is 73.9 Å². The maximum Gasteiger partial charge on any atom is 0.140 e. The fraction of sp³-hybridized carbons (Fsp3) is 0.125. The molecule has 0 unspecified atom stereocenters. The average Bonchev–Trinajstić information content (AvgIpc) is 2.16. The van der Waals surface area contributed by atoms with Crippen molar-refractivity contribution < 1.29 is 4.39 Å². The molecule has 0 amide bonds. The van der Waals surface area contributed by atoms with E-state index in [0.717, 1.165) is 0 Å². The Kier molecular flexibility index (Phi) is 2.85. The zero-order valence-corrected chi connectivity index (χ0v) is 6.61. The van der Waals surface area contributed by atoms with Crippen LogP contribution >= 0.6 is 0 Å². The quantitative estimate of drug-likeness (QED) is 0.387. The monoisotopic (exact) mass is 176 g/mol. The predicted octanol–water partition coefficient (Wildman–Crippen LogP) is 2.51.